The smallest absolute Gasteiger partial charge is 0.200 e. The molecule has 4 heterocycles. The molecule has 7 rings (SSSR count). The van der Waals surface area contributed by atoms with Crippen molar-refractivity contribution >= 4 is 62.0 Å². The van der Waals surface area contributed by atoms with E-state index in [0.29, 0.717) is 33.2 Å². The molecule has 8 heteroatoms. The molecular weight excluding hydrogens is 1540 g/mol. The molecular formula is C110H190O2S4Si2. The molecule has 118 heavy (non-hydrogen) atoms. The second-order valence-corrected chi connectivity index (χ2v) is 55.9. The monoisotopic (exact) mass is 1730 g/mol. The van der Waals surface area contributed by atoms with Gasteiger partial charge in [0.1, 0.15) is 0 Å². The highest BCUT2D eigenvalue weighted by Crippen LogP contribution is 2.64. The first-order valence-electron chi connectivity index (χ1n) is 52.3. The van der Waals surface area contributed by atoms with Crippen molar-refractivity contribution in [2.24, 2.45) is 0 Å². The van der Waals surface area contributed by atoms with E-state index in [1.807, 2.05) is 22.7 Å². The van der Waals surface area contributed by atoms with E-state index in [9.17, 15) is 0 Å². The summed E-state index contributed by atoms with van der Waals surface area (Å²) in [4.78, 5) is 9.44. The van der Waals surface area contributed by atoms with E-state index in [0.717, 1.165) is 26.1 Å². The maximum atomic E-state index is 7.48. The topological polar surface area (TPSA) is 18.5 Å². The van der Waals surface area contributed by atoms with Gasteiger partial charge in [0.15, 0.2) is 0 Å². The summed E-state index contributed by atoms with van der Waals surface area (Å²) in [6.45, 7) is 40.5. The van der Waals surface area contributed by atoms with Crippen molar-refractivity contribution in [2.45, 2.75) is 566 Å². The van der Waals surface area contributed by atoms with E-state index in [4.69, 9.17) is 8.85 Å². The Bertz CT molecular complexity index is 3020. The Morgan fingerprint density at radius 1 is 0.263 bits per heavy atom. The third kappa shape index (κ3) is 32.0. The van der Waals surface area contributed by atoms with Gasteiger partial charge >= 0.3 is 0 Å². The minimum atomic E-state index is -2.06. The standard InChI is InChI=1S/C110H190O2S4Si2/c1-17-21-25-29-33-37-41-45-49-53-57-61-65-69-75-109(76-70-66-62-58-54-50-46-42-38-34-30-26-22-18-2)101-85-100-102(86-99(101)107-103(109)83-97(115-107)81-95-73-79-113-105(95)87-111-117(89(5)6,90(7)8)91(9)10)110(77-71-67-63-59-55-51-47-43-39-35-31-27-23-19-3,78-72-68-64-60-56-52-48-44-40-36-32-28-24-20-4)104-84-98(116-108(100)104)82-96-74-80-114-106(96)88-112-118(92(11)12,93(13)14)94(15)16/h73-74,79-80,83-86,89-94H,17-72,75-78,81-82,87-88H2,1-16H3. The van der Waals surface area contributed by atoms with Crippen LogP contribution in [0.5, 0.6) is 0 Å². The first-order chi connectivity index (χ1) is 57.4. The fourth-order valence-corrected chi connectivity index (χ4v) is 38.3. The predicted octanol–water partition coefficient (Wildman–Crippen LogP) is 40.5. The van der Waals surface area contributed by atoms with Crippen LogP contribution in [-0.4, -0.2) is 16.6 Å². The summed E-state index contributed by atoms with van der Waals surface area (Å²) in [6.07, 6.45) is 86.1. The summed E-state index contributed by atoms with van der Waals surface area (Å²) in [5.74, 6) is 0. The lowest BCUT2D eigenvalue weighted by Crippen LogP contribution is -2.47. The maximum Gasteiger partial charge on any atom is 0.200 e. The second-order valence-electron chi connectivity index (χ2n) is 40.7. The van der Waals surface area contributed by atoms with Crippen LogP contribution >= 0.6 is 45.3 Å². The molecule has 0 N–H and O–H groups in total. The molecule has 0 unspecified atom stereocenters. The summed E-state index contributed by atoms with van der Waals surface area (Å²) in [6, 6.07) is 16.7. The van der Waals surface area contributed by atoms with Crippen molar-refractivity contribution in [3.8, 4) is 20.9 Å². The normalized spacial score (nSPS) is 13.9. The SMILES string of the molecule is CCCCCCCCCCCCCCCCC1(CCCCCCCCCCCCCCCC)c2cc3c(cc2-c2sc(Cc4ccsc4CO[Si](C(C)C)(C(C)C)C(C)C)cc21)C(CCCCCCCCCCCCCCCC)(CCCCCCCCCCCCCCCC)c1cc(Cc2ccsc2CO[Si](C(C)C)(C(C)C)C(C)C)sc1-3. The highest BCUT2D eigenvalue weighted by Gasteiger charge is 2.51. The van der Waals surface area contributed by atoms with Gasteiger partial charge in [0, 0.05) is 52.9 Å². The molecule has 674 valence electrons. The molecule has 0 radical (unpaired) electrons. The Balaban J connectivity index is 1.30. The van der Waals surface area contributed by atoms with Gasteiger partial charge in [0.05, 0.1) is 13.2 Å². The number of hydrogen-bond acceptors (Lipinski definition) is 6. The Labute approximate surface area is 752 Å². The molecule has 0 saturated carbocycles. The molecule has 0 spiro atoms. The van der Waals surface area contributed by atoms with Crippen LogP contribution in [0.2, 0.25) is 33.2 Å². The van der Waals surface area contributed by atoms with Crippen LogP contribution in [0, 0.1) is 0 Å². The lowest BCUT2D eigenvalue weighted by atomic mass is 9.68. The third-order valence-corrected chi connectivity index (χ3v) is 46.2. The Hall–Kier alpha value is -1.63. The van der Waals surface area contributed by atoms with E-state index in [1.54, 1.807) is 52.9 Å². The minimum absolute atomic E-state index is 0.0150. The van der Waals surface area contributed by atoms with Crippen LogP contribution in [0.4, 0.5) is 0 Å². The van der Waals surface area contributed by atoms with Crippen LogP contribution in [0.25, 0.3) is 20.9 Å². The highest BCUT2D eigenvalue weighted by molar-refractivity contribution is 7.16. The number of rotatable bonds is 76. The van der Waals surface area contributed by atoms with Crippen LogP contribution in [0.15, 0.2) is 47.2 Å². The Morgan fingerprint density at radius 3 is 0.669 bits per heavy atom. The first-order valence-corrected chi connectivity index (χ1v) is 59.9. The molecule has 0 bridgehead atoms. The molecule has 4 aromatic heterocycles. The third-order valence-electron chi connectivity index (χ3n) is 29.8. The van der Waals surface area contributed by atoms with Gasteiger partial charge in [-0.1, -0.05) is 470 Å². The minimum Gasteiger partial charge on any atom is -0.411 e. The lowest BCUT2D eigenvalue weighted by Gasteiger charge is -2.42. The number of benzene rings is 1. The second kappa shape index (κ2) is 58.7. The summed E-state index contributed by atoms with van der Waals surface area (Å²) >= 11 is 8.40. The number of thiophene rings is 4. The zero-order chi connectivity index (χ0) is 84.7. The molecule has 0 atom stereocenters. The molecule has 0 saturated heterocycles. The Kier molecular flexibility index (Phi) is 51.4. The van der Waals surface area contributed by atoms with Gasteiger partial charge in [0.2, 0.25) is 16.6 Å². The van der Waals surface area contributed by atoms with Gasteiger partial charge in [0.25, 0.3) is 0 Å². The van der Waals surface area contributed by atoms with Gasteiger partial charge in [-0.15, -0.1) is 45.3 Å². The number of hydrogen-bond donors (Lipinski definition) is 0. The fourth-order valence-electron chi connectivity index (χ4n) is 23.1. The van der Waals surface area contributed by atoms with Crippen molar-refractivity contribution < 1.29 is 8.85 Å². The van der Waals surface area contributed by atoms with Gasteiger partial charge in [-0.2, -0.15) is 0 Å². The van der Waals surface area contributed by atoms with Gasteiger partial charge in [-0.25, -0.2) is 0 Å². The van der Waals surface area contributed by atoms with Crippen LogP contribution in [0.3, 0.4) is 0 Å². The summed E-state index contributed by atoms with van der Waals surface area (Å²) in [7, 11) is -4.11. The zero-order valence-electron chi connectivity index (χ0n) is 80.8. The molecule has 1 aromatic carbocycles. The molecule has 0 amide bonds. The zero-order valence-corrected chi connectivity index (χ0v) is 86.1. The molecule has 2 nitrogen and oxygen atoms in total. The van der Waals surface area contributed by atoms with Crippen molar-refractivity contribution in [3.63, 3.8) is 0 Å². The van der Waals surface area contributed by atoms with Gasteiger partial charge in [-0.05, 0) is 151 Å². The summed E-state index contributed by atoms with van der Waals surface area (Å²) in [5, 5.41) is 4.80. The van der Waals surface area contributed by atoms with Crippen LogP contribution in [-0.2, 0) is 45.7 Å². The predicted molar refractivity (Wildman–Crippen MR) is 540 cm³/mol. The quantitative estimate of drug-likeness (QED) is 0.0285. The molecule has 5 aromatic rings. The molecule has 0 aliphatic heterocycles. The average molecular weight is 1730 g/mol. The molecule has 2 aliphatic carbocycles. The van der Waals surface area contributed by atoms with Crippen molar-refractivity contribution in [1.29, 1.82) is 0 Å². The Morgan fingerprint density at radius 2 is 0.466 bits per heavy atom. The van der Waals surface area contributed by atoms with Crippen LogP contribution in [0.1, 0.15) is 549 Å². The van der Waals surface area contributed by atoms with Crippen molar-refractivity contribution in [2.75, 3.05) is 0 Å². The van der Waals surface area contributed by atoms with Gasteiger partial charge < -0.3 is 8.85 Å². The fraction of sp³-hybridized carbons (Fsp3) is 0.800. The van der Waals surface area contributed by atoms with E-state index < -0.39 is 16.6 Å². The number of unbranched alkanes of at least 4 members (excludes halogenated alkanes) is 52. The lowest BCUT2D eigenvalue weighted by molar-refractivity contribution is 0.268. The largest absolute Gasteiger partial charge is 0.411 e. The van der Waals surface area contributed by atoms with E-state index >= 15 is 0 Å². The van der Waals surface area contributed by atoms with E-state index in [1.165, 1.54) is 406 Å². The average Bonchev–Trinajstić information content (AvgIpc) is 1.52. The maximum absolute atomic E-state index is 7.48. The molecule has 0 fully saturated rings. The highest BCUT2D eigenvalue weighted by atomic mass is 32.1. The van der Waals surface area contributed by atoms with E-state index in [2.05, 4.69) is 181 Å². The van der Waals surface area contributed by atoms with E-state index in [-0.39, 0.29) is 10.8 Å². The van der Waals surface area contributed by atoms with Gasteiger partial charge in [-0.3, -0.25) is 0 Å². The number of fused-ring (bicyclic) bond motifs is 6. The molecule has 2 aliphatic rings. The van der Waals surface area contributed by atoms with Crippen molar-refractivity contribution in [1.82, 2.24) is 0 Å². The first kappa shape index (κ1) is 103. The van der Waals surface area contributed by atoms with Crippen LogP contribution < -0.4 is 0 Å². The summed E-state index contributed by atoms with van der Waals surface area (Å²) in [5.41, 5.74) is 16.8. The van der Waals surface area contributed by atoms with Crippen molar-refractivity contribution in [3.05, 3.63) is 100 Å². The summed E-state index contributed by atoms with van der Waals surface area (Å²) < 4.78 is 15.0.